The van der Waals surface area contributed by atoms with Crippen LogP contribution in [0.25, 0.3) is 6.08 Å². The molecule has 3 aromatic carbocycles. The predicted molar refractivity (Wildman–Crippen MR) is 136 cm³/mol. The molecule has 0 saturated carbocycles. The van der Waals surface area contributed by atoms with E-state index < -0.39 is 27.1 Å². The molecule has 1 fully saturated rings. The summed E-state index contributed by atoms with van der Waals surface area (Å²) in [4.78, 5) is 26.3. The molecule has 0 atom stereocenters. The first-order chi connectivity index (χ1) is 16.5. The molecule has 35 heavy (non-hydrogen) atoms. The normalized spacial score (nSPS) is 15.2. The number of benzene rings is 3. The fourth-order valence-electron chi connectivity index (χ4n) is 3.05. The highest BCUT2D eigenvalue weighted by atomic mass is 79.9. The van der Waals surface area contributed by atoms with Gasteiger partial charge in [-0.25, -0.2) is 4.39 Å². The summed E-state index contributed by atoms with van der Waals surface area (Å²) >= 11 is 15.8. The lowest BCUT2D eigenvalue weighted by Gasteiger charge is -2.13. The van der Waals surface area contributed by atoms with E-state index in [-0.39, 0.29) is 27.1 Å². The van der Waals surface area contributed by atoms with Crippen LogP contribution in [0.4, 0.5) is 9.18 Å². The Morgan fingerprint density at radius 1 is 1.03 bits per heavy atom. The van der Waals surface area contributed by atoms with E-state index in [1.807, 2.05) is 0 Å². The summed E-state index contributed by atoms with van der Waals surface area (Å²) in [5, 5.41) is 0.00970. The Labute approximate surface area is 222 Å². The van der Waals surface area contributed by atoms with Gasteiger partial charge in [0.05, 0.1) is 15.9 Å². The quantitative estimate of drug-likeness (QED) is 0.221. The van der Waals surface area contributed by atoms with Crippen molar-refractivity contribution in [2.24, 2.45) is 0 Å². The number of amides is 2. The fourth-order valence-corrected chi connectivity index (χ4v) is 5.77. The average Bonchev–Trinajstić information content (AvgIpc) is 3.05. The Hall–Kier alpha value is -2.37. The summed E-state index contributed by atoms with van der Waals surface area (Å²) in [6.07, 6.45) is 1.50. The van der Waals surface area contributed by atoms with Gasteiger partial charge in [0.15, 0.2) is 5.75 Å². The smallest absolute Gasteiger partial charge is 0.339 e. The topological polar surface area (TPSA) is 80.8 Å². The van der Waals surface area contributed by atoms with Gasteiger partial charge in [-0.1, -0.05) is 35.3 Å². The van der Waals surface area contributed by atoms with Crippen LogP contribution in [0.3, 0.4) is 0 Å². The molecule has 0 N–H and O–H groups in total. The molecule has 0 aromatic heterocycles. The molecule has 1 aliphatic heterocycles. The van der Waals surface area contributed by atoms with Crippen molar-refractivity contribution in [3.05, 3.63) is 97.0 Å². The van der Waals surface area contributed by atoms with Crippen molar-refractivity contribution in [2.45, 2.75) is 11.4 Å². The first-order valence-electron chi connectivity index (χ1n) is 9.72. The minimum Gasteiger partial charge on any atom is -0.378 e. The van der Waals surface area contributed by atoms with Crippen molar-refractivity contribution in [3.63, 3.8) is 0 Å². The van der Waals surface area contributed by atoms with Crippen molar-refractivity contribution in [3.8, 4) is 5.75 Å². The van der Waals surface area contributed by atoms with Crippen molar-refractivity contribution in [2.75, 3.05) is 0 Å². The zero-order chi connectivity index (χ0) is 25.3. The van der Waals surface area contributed by atoms with Crippen LogP contribution < -0.4 is 4.18 Å². The molecular weight excluding hydrogens is 604 g/mol. The van der Waals surface area contributed by atoms with Crippen LogP contribution >= 0.6 is 50.9 Å². The van der Waals surface area contributed by atoms with Gasteiger partial charge in [-0.2, -0.15) is 8.42 Å². The summed E-state index contributed by atoms with van der Waals surface area (Å²) in [6, 6.07) is 13.8. The second kappa shape index (κ2) is 10.3. The second-order valence-corrected chi connectivity index (χ2v) is 11.4. The van der Waals surface area contributed by atoms with Gasteiger partial charge in [-0.3, -0.25) is 14.5 Å². The maximum Gasteiger partial charge on any atom is 0.339 e. The SMILES string of the molecule is O=C1S/C(=C\c2ccc(OS(=O)(=O)c3ccc(Cl)cc3)c(Br)c2)C(=O)N1Cc1ccc(F)cc1Cl. The van der Waals surface area contributed by atoms with Crippen LogP contribution in [0, 0.1) is 5.82 Å². The van der Waals surface area contributed by atoms with E-state index in [0.717, 1.165) is 22.7 Å². The summed E-state index contributed by atoms with van der Waals surface area (Å²) in [5.74, 6) is -1.01. The number of thioether (sulfide) groups is 1. The van der Waals surface area contributed by atoms with Crippen molar-refractivity contribution < 1.29 is 26.6 Å². The van der Waals surface area contributed by atoms with E-state index in [9.17, 15) is 22.4 Å². The van der Waals surface area contributed by atoms with E-state index >= 15 is 0 Å². The molecule has 1 saturated heterocycles. The van der Waals surface area contributed by atoms with Crippen LogP contribution in [0.15, 0.2) is 74.9 Å². The van der Waals surface area contributed by atoms with Gasteiger partial charge in [0.25, 0.3) is 11.1 Å². The van der Waals surface area contributed by atoms with Crippen LogP contribution in [0.2, 0.25) is 10.0 Å². The van der Waals surface area contributed by atoms with Gasteiger partial charge < -0.3 is 4.18 Å². The molecule has 0 spiro atoms. The van der Waals surface area contributed by atoms with Gasteiger partial charge in [0, 0.05) is 10.0 Å². The van der Waals surface area contributed by atoms with E-state index in [4.69, 9.17) is 27.4 Å². The molecule has 6 nitrogen and oxygen atoms in total. The van der Waals surface area contributed by atoms with Crippen LogP contribution in [-0.2, 0) is 21.5 Å². The minimum absolute atomic E-state index is 0.0381. The van der Waals surface area contributed by atoms with Gasteiger partial charge in [-0.15, -0.1) is 0 Å². The Balaban J connectivity index is 1.52. The summed E-state index contributed by atoms with van der Waals surface area (Å²) < 4.78 is 43.8. The van der Waals surface area contributed by atoms with E-state index in [1.165, 1.54) is 48.5 Å². The van der Waals surface area contributed by atoms with Crippen molar-refractivity contribution >= 4 is 78.2 Å². The van der Waals surface area contributed by atoms with E-state index in [1.54, 1.807) is 12.1 Å². The second-order valence-electron chi connectivity index (χ2n) is 7.18. The fraction of sp³-hybridized carbons (Fsp3) is 0.0435. The first-order valence-corrected chi connectivity index (χ1v) is 13.5. The molecule has 2 amide bonds. The average molecular weight is 617 g/mol. The Bertz CT molecular complexity index is 1480. The molecule has 3 aromatic rings. The predicted octanol–water partition coefficient (Wildman–Crippen LogP) is 6.90. The highest BCUT2D eigenvalue weighted by Gasteiger charge is 2.35. The molecule has 0 radical (unpaired) electrons. The van der Waals surface area contributed by atoms with Gasteiger partial charge in [0.1, 0.15) is 10.7 Å². The monoisotopic (exact) mass is 615 g/mol. The standard InChI is InChI=1S/C23H13BrCl2FNO5S2/c24-18-9-13(1-8-20(18)33-35(31,32)17-6-3-15(25)4-7-17)10-21-22(29)28(23(30)34-21)12-14-2-5-16(27)11-19(14)26/h1-11H,12H2/b21-10-. The Morgan fingerprint density at radius 3 is 2.40 bits per heavy atom. The number of carbonyl (C=O) groups excluding carboxylic acids is 2. The molecule has 1 heterocycles. The first kappa shape index (κ1) is 25.7. The number of hydrogen-bond acceptors (Lipinski definition) is 6. The molecule has 0 unspecified atom stereocenters. The number of halogens is 4. The summed E-state index contributed by atoms with van der Waals surface area (Å²) in [6.45, 7) is -0.0971. The van der Waals surface area contributed by atoms with E-state index in [2.05, 4.69) is 15.9 Å². The van der Waals surface area contributed by atoms with Gasteiger partial charge >= 0.3 is 10.1 Å². The highest BCUT2D eigenvalue weighted by molar-refractivity contribution is 9.10. The summed E-state index contributed by atoms with van der Waals surface area (Å²) in [7, 11) is -4.10. The highest BCUT2D eigenvalue weighted by Crippen LogP contribution is 2.36. The zero-order valence-corrected chi connectivity index (χ0v) is 22.1. The van der Waals surface area contributed by atoms with Crippen LogP contribution in [-0.4, -0.2) is 24.5 Å². The number of carbonyl (C=O) groups is 2. The number of rotatable bonds is 6. The summed E-state index contributed by atoms with van der Waals surface area (Å²) in [5.41, 5.74) is 0.959. The molecule has 0 aliphatic carbocycles. The molecule has 180 valence electrons. The van der Waals surface area contributed by atoms with Crippen molar-refractivity contribution in [1.82, 2.24) is 4.90 Å². The number of nitrogens with zero attached hydrogens (tertiary/aromatic N) is 1. The van der Waals surface area contributed by atoms with Gasteiger partial charge in [0.2, 0.25) is 0 Å². The third-order valence-electron chi connectivity index (χ3n) is 4.77. The lowest BCUT2D eigenvalue weighted by molar-refractivity contribution is -0.123. The maximum absolute atomic E-state index is 13.3. The molecule has 12 heteroatoms. The molecule has 0 bridgehead atoms. The largest absolute Gasteiger partial charge is 0.378 e. The van der Waals surface area contributed by atoms with Crippen LogP contribution in [0.5, 0.6) is 5.75 Å². The maximum atomic E-state index is 13.3. The number of imide groups is 1. The van der Waals surface area contributed by atoms with Crippen molar-refractivity contribution in [1.29, 1.82) is 0 Å². The number of hydrogen-bond donors (Lipinski definition) is 0. The van der Waals surface area contributed by atoms with E-state index in [0.29, 0.717) is 20.6 Å². The van der Waals surface area contributed by atoms with Gasteiger partial charge in [-0.05, 0) is 93.4 Å². The molecule has 4 rings (SSSR count). The Morgan fingerprint density at radius 2 is 1.74 bits per heavy atom. The molecular formula is C23H13BrCl2FNO5S2. The third-order valence-corrected chi connectivity index (χ3v) is 8.15. The lowest BCUT2D eigenvalue weighted by atomic mass is 10.2. The lowest BCUT2D eigenvalue weighted by Crippen LogP contribution is -2.27. The Kier molecular flexibility index (Phi) is 7.58. The minimum atomic E-state index is -4.10. The third kappa shape index (κ3) is 5.90. The molecule has 1 aliphatic rings. The zero-order valence-electron chi connectivity index (χ0n) is 17.4. The van der Waals surface area contributed by atoms with Crippen LogP contribution in [0.1, 0.15) is 11.1 Å².